The maximum Gasteiger partial charge on any atom is 0.348 e. The Morgan fingerprint density at radius 3 is 2.58 bits per heavy atom. The second-order valence-corrected chi connectivity index (χ2v) is 5.03. The number of carbonyl (C=O) groups excluding carboxylic acids is 1. The third-order valence-corrected chi connectivity index (χ3v) is 3.81. The molecule has 0 unspecified atom stereocenters. The zero-order valence-electron chi connectivity index (χ0n) is 11.4. The normalized spacial score (nSPS) is 20.4. The molecular formula is C15H20N2O2. The number of esters is 1. The molecule has 0 aromatic heterocycles. The van der Waals surface area contributed by atoms with Crippen LogP contribution in [0.25, 0.3) is 0 Å². The minimum Gasteiger partial charge on any atom is -0.465 e. The Bertz CT molecular complexity index is 451. The fourth-order valence-electron chi connectivity index (χ4n) is 2.84. The number of carbonyl (C=O) groups is 1. The minimum atomic E-state index is -0.540. The molecule has 102 valence electrons. The van der Waals surface area contributed by atoms with Crippen LogP contribution < -0.4 is 0 Å². The van der Waals surface area contributed by atoms with E-state index >= 15 is 0 Å². The van der Waals surface area contributed by atoms with Crippen LogP contribution in [0.1, 0.15) is 38.5 Å². The lowest BCUT2D eigenvalue weighted by Gasteiger charge is -2.27. The Morgan fingerprint density at radius 2 is 1.95 bits per heavy atom. The van der Waals surface area contributed by atoms with E-state index < -0.39 is 5.97 Å². The van der Waals surface area contributed by atoms with Gasteiger partial charge in [-0.15, -0.1) is 0 Å². The van der Waals surface area contributed by atoms with Crippen LogP contribution in [0.5, 0.6) is 0 Å². The van der Waals surface area contributed by atoms with E-state index in [1.54, 1.807) is 6.08 Å². The first kappa shape index (κ1) is 13.7. The molecule has 2 aliphatic rings. The third-order valence-electron chi connectivity index (χ3n) is 3.81. The zero-order chi connectivity index (χ0) is 13.7. The molecule has 1 heterocycles. The largest absolute Gasteiger partial charge is 0.465 e. The number of likely N-dealkylation sites (tertiary alicyclic amines) is 1. The van der Waals surface area contributed by atoms with Gasteiger partial charge in [-0.3, -0.25) is 0 Å². The molecule has 1 fully saturated rings. The van der Waals surface area contributed by atoms with Crippen LogP contribution in [0.3, 0.4) is 0 Å². The van der Waals surface area contributed by atoms with Crippen LogP contribution >= 0.6 is 0 Å². The highest BCUT2D eigenvalue weighted by Crippen LogP contribution is 2.31. The van der Waals surface area contributed by atoms with Gasteiger partial charge in [0.1, 0.15) is 11.6 Å². The first-order chi connectivity index (χ1) is 9.26. The van der Waals surface area contributed by atoms with Crippen molar-refractivity contribution in [2.24, 2.45) is 0 Å². The number of nitrogens with zero attached hydrogens (tertiary/aromatic N) is 2. The lowest BCUT2D eigenvalue weighted by atomic mass is 9.94. The van der Waals surface area contributed by atoms with E-state index in [1.165, 1.54) is 32.1 Å². The van der Waals surface area contributed by atoms with Gasteiger partial charge in [0.2, 0.25) is 0 Å². The highest BCUT2D eigenvalue weighted by Gasteiger charge is 2.21. The lowest BCUT2D eigenvalue weighted by Crippen LogP contribution is -2.22. The molecule has 0 N–H and O–H groups in total. The molecule has 1 saturated heterocycles. The Labute approximate surface area is 114 Å². The van der Waals surface area contributed by atoms with Crippen molar-refractivity contribution < 1.29 is 9.53 Å². The van der Waals surface area contributed by atoms with E-state index in [1.807, 2.05) is 6.07 Å². The van der Waals surface area contributed by atoms with E-state index in [9.17, 15) is 4.79 Å². The summed E-state index contributed by atoms with van der Waals surface area (Å²) in [6, 6.07) is 1.95. The van der Waals surface area contributed by atoms with Gasteiger partial charge in [0.05, 0.1) is 7.11 Å². The van der Waals surface area contributed by atoms with Crippen LogP contribution in [0.2, 0.25) is 0 Å². The van der Waals surface area contributed by atoms with Gasteiger partial charge in [-0.05, 0) is 50.2 Å². The molecule has 0 aromatic carbocycles. The summed E-state index contributed by atoms with van der Waals surface area (Å²) in [7, 11) is 1.31. The predicted octanol–water partition coefficient (Wildman–Crippen LogP) is 2.53. The summed E-state index contributed by atoms with van der Waals surface area (Å²) >= 11 is 0. The summed E-state index contributed by atoms with van der Waals surface area (Å²) in [5, 5.41) is 9.05. The number of rotatable bonds is 3. The van der Waals surface area contributed by atoms with Crippen molar-refractivity contribution in [3.63, 3.8) is 0 Å². The summed E-state index contributed by atoms with van der Waals surface area (Å²) in [4.78, 5) is 13.9. The molecule has 0 radical (unpaired) electrons. The van der Waals surface area contributed by atoms with Crippen LogP contribution in [-0.4, -0.2) is 31.1 Å². The van der Waals surface area contributed by atoms with E-state index in [-0.39, 0.29) is 5.57 Å². The molecule has 1 aliphatic heterocycles. The Balaban J connectivity index is 2.29. The summed E-state index contributed by atoms with van der Waals surface area (Å²) in [6.07, 6.45) is 8.55. The fraction of sp³-hybridized carbons (Fsp3) is 0.600. The Morgan fingerprint density at radius 1 is 1.26 bits per heavy atom. The average molecular weight is 260 g/mol. The molecule has 19 heavy (non-hydrogen) atoms. The molecule has 0 spiro atoms. The summed E-state index contributed by atoms with van der Waals surface area (Å²) in [5.74, 6) is -0.540. The predicted molar refractivity (Wildman–Crippen MR) is 72.0 cm³/mol. The van der Waals surface area contributed by atoms with Crippen molar-refractivity contribution in [2.75, 3.05) is 20.2 Å². The van der Waals surface area contributed by atoms with Crippen molar-refractivity contribution in [1.29, 1.82) is 5.26 Å². The van der Waals surface area contributed by atoms with Gasteiger partial charge >= 0.3 is 5.97 Å². The van der Waals surface area contributed by atoms with Crippen molar-refractivity contribution in [3.05, 3.63) is 22.9 Å². The molecule has 4 heteroatoms. The first-order valence-corrected chi connectivity index (χ1v) is 6.93. The molecule has 0 bridgehead atoms. The van der Waals surface area contributed by atoms with Crippen molar-refractivity contribution in [2.45, 2.75) is 38.5 Å². The lowest BCUT2D eigenvalue weighted by molar-refractivity contribution is -0.135. The molecule has 0 aromatic rings. The molecule has 0 amide bonds. The second kappa shape index (κ2) is 6.42. The van der Waals surface area contributed by atoms with Gasteiger partial charge in [0.25, 0.3) is 0 Å². The maximum absolute atomic E-state index is 11.5. The van der Waals surface area contributed by atoms with Crippen LogP contribution in [0.15, 0.2) is 22.9 Å². The number of methoxy groups -OCH3 is 1. The minimum absolute atomic E-state index is 0.107. The topological polar surface area (TPSA) is 53.3 Å². The van der Waals surface area contributed by atoms with E-state index in [2.05, 4.69) is 9.64 Å². The number of nitriles is 1. The Hall–Kier alpha value is -1.76. The Kier molecular flexibility index (Phi) is 4.62. The van der Waals surface area contributed by atoms with Gasteiger partial charge in [-0.25, -0.2) is 4.79 Å². The highest BCUT2D eigenvalue weighted by molar-refractivity contribution is 5.93. The zero-order valence-corrected chi connectivity index (χ0v) is 11.4. The van der Waals surface area contributed by atoms with Gasteiger partial charge in [-0.2, -0.15) is 5.26 Å². The highest BCUT2D eigenvalue weighted by atomic mass is 16.5. The number of hydrogen-bond acceptors (Lipinski definition) is 4. The van der Waals surface area contributed by atoms with Crippen LogP contribution in [-0.2, 0) is 9.53 Å². The second-order valence-electron chi connectivity index (χ2n) is 5.03. The van der Waals surface area contributed by atoms with Crippen molar-refractivity contribution in [3.8, 4) is 6.07 Å². The molecular weight excluding hydrogens is 240 g/mol. The van der Waals surface area contributed by atoms with Gasteiger partial charge in [0.15, 0.2) is 0 Å². The third kappa shape index (κ3) is 3.17. The van der Waals surface area contributed by atoms with E-state index in [0.29, 0.717) is 0 Å². The van der Waals surface area contributed by atoms with Crippen LogP contribution in [0, 0.1) is 11.3 Å². The molecule has 4 nitrogen and oxygen atoms in total. The molecule has 0 atom stereocenters. The summed E-state index contributed by atoms with van der Waals surface area (Å²) in [6.45, 7) is 2.21. The van der Waals surface area contributed by atoms with Crippen molar-refractivity contribution >= 4 is 5.97 Å². The molecule has 1 aliphatic carbocycles. The van der Waals surface area contributed by atoms with Gasteiger partial charge in [0, 0.05) is 18.8 Å². The number of hydrogen-bond donors (Lipinski definition) is 0. The number of ether oxygens (including phenoxy) is 1. The molecule has 2 rings (SSSR count). The first-order valence-electron chi connectivity index (χ1n) is 6.93. The summed E-state index contributed by atoms with van der Waals surface area (Å²) in [5.41, 5.74) is 2.59. The smallest absolute Gasteiger partial charge is 0.348 e. The van der Waals surface area contributed by atoms with Gasteiger partial charge in [-0.1, -0.05) is 0 Å². The van der Waals surface area contributed by atoms with E-state index in [0.717, 1.165) is 37.9 Å². The monoisotopic (exact) mass is 260 g/mol. The standard InChI is InChI=1S/C15H20N2O2/c1-19-15(18)13(11-16)10-12-6-2-3-7-14(12)17-8-4-5-9-17/h10H,2-9H2,1H3. The summed E-state index contributed by atoms with van der Waals surface area (Å²) < 4.78 is 4.64. The number of allylic oxidation sites excluding steroid dienone is 3. The SMILES string of the molecule is COC(=O)C(C#N)=CC1=C(N2CCCC2)CCCC1. The fourth-order valence-corrected chi connectivity index (χ4v) is 2.84. The average Bonchev–Trinajstić information content (AvgIpc) is 2.98. The van der Waals surface area contributed by atoms with Gasteiger partial charge < -0.3 is 9.64 Å². The quantitative estimate of drug-likeness (QED) is 0.444. The molecule has 0 saturated carbocycles. The maximum atomic E-state index is 11.5. The van der Waals surface area contributed by atoms with Crippen LogP contribution in [0.4, 0.5) is 0 Å². The van der Waals surface area contributed by atoms with E-state index in [4.69, 9.17) is 5.26 Å². The van der Waals surface area contributed by atoms with Crippen molar-refractivity contribution in [1.82, 2.24) is 4.90 Å².